The van der Waals surface area contributed by atoms with Gasteiger partial charge in [-0.05, 0) is 139 Å². The summed E-state index contributed by atoms with van der Waals surface area (Å²) in [5.41, 5.74) is 0.842. The Kier molecular flexibility index (Phi) is 12.8. The molecule has 18 heteroatoms. The van der Waals surface area contributed by atoms with Crippen LogP contribution in [0.15, 0.2) is 85.5 Å². The van der Waals surface area contributed by atoms with Crippen molar-refractivity contribution in [2.75, 3.05) is 20.3 Å². The number of methoxy groups -OCH3 is 1. The van der Waals surface area contributed by atoms with Gasteiger partial charge in [0, 0.05) is 47.0 Å². The number of carbonyl (C=O) groups excluding carboxylic acids is 1. The summed E-state index contributed by atoms with van der Waals surface area (Å²) in [6.07, 6.45) is -2.53. The Hall–Kier alpha value is -6.72. The number of carboxylic acids is 1. The number of H-pyrrole nitrogens is 2. The van der Waals surface area contributed by atoms with Gasteiger partial charge in [-0.1, -0.05) is 0 Å². The average Bonchev–Trinajstić information content (AvgIpc) is 4.18. The number of carboxylic acid groups (broad SMARTS) is 1. The minimum atomic E-state index is -4.30. The van der Waals surface area contributed by atoms with Crippen molar-refractivity contribution in [3.05, 3.63) is 108 Å². The number of aromatic nitrogens is 6. The Morgan fingerprint density at radius 1 is 0.612 bits per heavy atom. The predicted octanol–water partition coefficient (Wildman–Crippen LogP) is 11.1. The lowest BCUT2D eigenvalue weighted by molar-refractivity contribution is -0.162. The molecule has 0 saturated heterocycles. The van der Waals surface area contributed by atoms with Gasteiger partial charge in [0.25, 0.3) is 0 Å². The van der Waals surface area contributed by atoms with Gasteiger partial charge in [-0.15, -0.1) is 0 Å². The Balaban J connectivity index is 0.000000199. The lowest BCUT2D eigenvalue weighted by atomic mass is 9.95. The number of ether oxygens (including phenoxy) is 3. The molecule has 2 fully saturated rings. The second kappa shape index (κ2) is 17.8. The van der Waals surface area contributed by atoms with Crippen molar-refractivity contribution in [1.82, 2.24) is 29.9 Å². The van der Waals surface area contributed by atoms with E-state index in [4.69, 9.17) is 14.2 Å². The molecule has 2 saturated carbocycles. The van der Waals surface area contributed by atoms with Crippen LogP contribution in [-0.2, 0) is 25.2 Å². The van der Waals surface area contributed by atoms with E-state index in [1.807, 2.05) is 50.2 Å². The van der Waals surface area contributed by atoms with Crippen molar-refractivity contribution in [2.45, 2.75) is 90.4 Å². The first-order valence-electron chi connectivity index (χ1n) is 21.4. The molecule has 354 valence electrons. The van der Waals surface area contributed by atoms with Gasteiger partial charge in [0.15, 0.2) is 0 Å². The average molecular weight is 933 g/mol. The molecule has 2 aliphatic carbocycles. The summed E-state index contributed by atoms with van der Waals surface area (Å²) < 4.78 is 96.5. The van der Waals surface area contributed by atoms with E-state index in [2.05, 4.69) is 29.9 Å². The molecule has 3 N–H and O–H groups in total. The standard InChI is InChI=1S/C25H26F3N3O3.C24H24F3N3O3/c1-15-11-19(16-5-7-17(8-6-16)34-14-23(2,3)22(32)33-4)29-12-18(15)21-30-13-20(31-21)24(9-10-24)25(26,27)28;1-14-10-18(15-4-6-16(7-5-15)33-13-22(2,3)21(31)32)28-11-17(14)20-29-12-19(30-20)23(8-9-23)24(25,26)27/h5-8,11-13H,9-10,14H2,1-4H3,(H,30,31);4-7,10-12H,8-9,13H2,1-3H3,(H,29,30)(H,31,32). The number of aromatic amines is 2. The Bertz CT molecular complexity index is 2750. The highest BCUT2D eigenvalue weighted by atomic mass is 19.4. The topological polar surface area (TPSA) is 165 Å². The van der Waals surface area contributed by atoms with Gasteiger partial charge in [0.2, 0.25) is 0 Å². The molecule has 2 aromatic carbocycles. The number of carbonyl (C=O) groups is 2. The van der Waals surface area contributed by atoms with Crippen LogP contribution in [0, 0.1) is 24.7 Å². The van der Waals surface area contributed by atoms with Gasteiger partial charge in [-0.2, -0.15) is 26.3 Å². The maximum absolute atomic E-state index is 13.4. The van der Waals surface area contributed by atoms with Crippen LogP contribution in [0.4, 0.5) is 26.3 Å². The highest BCUT2D eigenvalue weighted by Crippen LogP contribution is 2.59. The number of nitrogens with one attached hydrogen (secondary N) is 2. The fraction of sp³-hybridized carbons (Fsp3) is 0.388. The number of rotatable bonds is 14. The van der Waals surface area contributed by atoms with Crippen LogP contribution in [0.2, 0.25) is 0 Å². The smallest absolute Gasteiger partial charge is 0.399 e. The van der Waals surface area contributed by atoms with Gasteiger partial charge < -0.3 is 29.3 Å². The van der Waals surface area contributed by atoms with Gasteiger partial charge in [0.05, 0.1) is 40.7 Å². The van der Waals surface area contributed by atoms with Crippen LogP contribution in [0.5, 0.6) is 11.5 Å². The van der Waals surface area contributed by atoms with E-state index in [1.165, 1.54) is 19.5 Å². The zero-order chi connectivity index (χ0) is 48.7. The lowest BCUT2D eigenvalue weighted by Crippen LogP contribution is -2.32. The van der Waals surface area contributed by atoms with Gasteiger partial charge in [-0.25, -0.2) is 9.97 Å². The SMILES string of the molecule is COC(=O)C(C)(C)COc1ccc(-c2cc(C)c(-c3ncc(C4(C(F)(F)F)CC4)[nH]3)cn2)cc1.Cc1cc(-c2ccc(OCC(C)(C)C(=O)O)cc2)ncc1-c1ncc(C2(C(F)(F)F)CC2)[nH]1. The summed E-state index contributed by atoms with van der Waals surface area (Å²) in [6.45, 7) is 10.6. The van der Waals surface area contributed by atoms with Crippen molar-refractivity contribution in [3.63, 3.8) is 0 Å². The molecule has 0 spiro atoms. The Morgan fingerprint density at radius 2 is 0.985 bits per heavy atom. The summed E-state index contributed by atoms with van der Waals surface area (Å²) in [6, 6.07) is 18.1. The molecule has 0 bridgehead atoms. The zero-order valence-electron chi connectivity index (χ0n) is 37.9. The second-order valence-electron chi connectivity index (χ2n) is 18.4. The molecule has 0 amide bonds. The molecule has 4 aromatic heterocycles. The summed E-state index contributed by atoms with van der Waals surface area (Å²) in [5.74, 6) is 0.603. The third kappa shape index (κ3) is 10.0. The second-order valence-corrected chi connectivity index (χ2v) is 18.4. The van der Waals surface area contributed by atoms with E-state index in [1.54, 1.807) is 64.4 Å². The first-order chi connectivity index (χ1) is 31.4. The highest BCUT2D eigenvalue weighted by Gasteiger charge is 2.66. The minimum Gasteiger partial charge on any atom is -0.492 e. The van der Waals surface area contributed by atoms with Crippen LogP contribution < -0.4 is 9.47 Å². The van der Waals surface area contributed by atoms with Gasteiger partial charge in [0.1, 0.15) is 47.2 Å². The van der Waals surface area contributed by atoms with E-state index >= 15 is 0 Å². The number of esters is 1. The summed E-state index contributed by atoms with van der Waals surface area (Å²) in [7, 11) is 1.34. The first kappa shape index (κ1) is 48.2. The quantitative estimate of drug-likeness (QED) is 0.0707. The van der Waals surface area contributed by atoms with Crippen LogP contribution >= 0.6 is 0 Å². The van der Waals surface area contributed by atoms with Gasteiger partial charge >= 0.3 is 24.3 Å². The number of hydrogen-bond acceptors (Lipinski definition) is 9. The fourth-order valence-electron chi connectivity index (χ4n) is 7.36. The number of nitrogens with zero attached hydrogens (tertiary/aromatic N) is 4. The van der Waals surface area contributed by atoms with Crippen LogP contribution in [0.3, 0.4) is 0 Å². The van der Waals surface area contributed by atoms with E-state index in [0.717, 1.165) is 22.3 Å². The summed E-state index contributed by atoms with van der Waals surface area (Å²) in [5, 5.41) is 9.18. The molecule has 4 heterocycles. The van der Waals surface area contributed by atoms with Crippen molar-refractivity contribution in [2.24, 2.45) is 10.8 Å². The van der Waals surface area contributed by atoms with E-state index in [-0.39, 0.29) is 56.3 Å². The van der Waals surface area contributed by atoms with E-state index in [0.29, 0.717) is 45.7 Å². The minimum absolute atomic E-state index is 0.0362. The number of halogens is 6. The normalized spacial score (nSPS) is 15.2. The number of benzene rings is 2. The molecule has 6 aromatic rings. The number of hydrogen-bond donors (Lipinski definition) is 3. The maximum atomic E-state index is 13.4. The number of pyridine rings is 2. The number of imidazole rings is 2. The first-order valence-corrected chi connectivity index (χ1v) is 21.4. The fourth-order valence-corrected chi connectivity index (χ4v) is 7.36. The molecule has 0 aliphatic heterocycles. The van der Waals surface area contributed by atoms with Gasteiger partial charge in [-0.3, -0.25) is 19.6 Å². The third-order valence-corrected chi connectivity index (χ3v) is 12.3. The highest BCUT2D eigenvalue weighted by molar-refractivity contribution is 5.76. The Labute approximate surface area is 382 Å². The molecule has 0 atom stereocenters. The molecular formula is C49H50F6N6O6. The zero-order valence-corrected chi connectivity index (χ0v) is 37.9. The summed E-state index contributed by atoms with van der Waals surface area (Å²) in [4.78, 5) is 46.0. The number of alkyl halides is 6. The molecular weight excluding hydrogens is 883 g/mol. The van der Waals surface area contributed by atoms with Crippen molar-refractivity contribution in [1.29, 1.82) is 0 Å². The summed E-state index contributed by atoms with van der Waals surface area (Å²) >= 11 is 0. The lowest BCUT2D eigenvalue weighted by Gasteiger charge is -2.21. The van der Waals surface area contributed by atoms with E-state index in [9.17, 15) is 41.0 Å². The molecule has 2 aliphatic rings. The molecule has 0 radical (unpaired) electrons. The maximum Gasteiger partial charge on any atom is 0.399 e. The van der Waals surface area contributed by atoms with Crippen molar-refractivity contribution >= 4 is 11.9 Å². The van der Waals surface area contributed by atoms with Crippen molar-refractivity contribution < 1.29 is 55.2 Å². The van der Waals surface area contributed by atoms with E-state index < -0.39 is 40.0 Å². The molecule has 67 heavy (non-hydrogen) atoms. The monoisotopic (exact) mass is 932 g/mol. The predicted molar refractivity (Wildman–Crippen MR) is 236 cm³/mol. The third-order valence-electron chi connectivity index (χ3n) is 12.3. The van der Waals surface area contributed by atoms with Crippen LogP contribution in [0.1, 0.15) is 75.9 Å². The molecule has 12 nitrogen and oxygen atoms in total. The van der Waals surface area contributed by atoms with Crippen LogP contribution in [-0.4, -0.2) is 79.6 Å². The number of aliphatic carboxylic acids is 1. The number of aryl methyl sites for hydroxylation is 2. The largest absolute Gasteiger partial charge is 0.492 e. The van der Waals surface area contributed by atoms with Crippen LogP contribution in [0.25, 0.3) is 45.3 Å². The molecule has 8 rings (SSSR count). The Morgan fingerprint density at radius 3 is 1.30 bits per heavy atom. The molecule has 0 unspecified atom stereocenters. The van der Waals surface area contributed by atoms with Crippen molar-refractivity contribution in [3.8, 4) is 56.8 Å².